The van der Waals surface area contributed by atoms with Crippen molar-refractivity contribution in [3.63, 3.8) is 0 Å². The second-order valence-electron chi connectivity index (χ2n) is 15.2. The highest BCUT2D eigenvalue weighted by atomic mass is 16.6. The highest BCUT2D eigenvalue weighted by Crippen LogP contribution is 2.29. The topological polar surface area (TPSA) is 183 Å². The molecular formula is C42H55N9O5. The van der Waals surface area contributed by atoms with Crippen LogP contribution in [0.5, 0.6) is 0 Å². The first kappa shape index (κ1) is 41.5. The number of anilines is 1. The molecule has 1 fully saturated rings. The molecule has 4 amide bonds. The highest BCUT2D eigenvalue weighted by molar-refractivity contribution is 5.98. The summed E-state index contributed by atoms with van der Waals surface area (Å²) in [5, 5.41) is 25.8. The van der Waals surface area contributed by atoms with E-state index >= 15 is 0 Å². The van der Waals surface area contributed by atoms with Crippen molar-refractivity contribution in [2.24, 2.45) is 11.8 Å². The van der Waals surface area contributed by atoms with Gasteiger partial charge in [0.1, 0.15) is 11.6 Å². The molecule has 14 heteroatoms. The summed E-state index contributed by atoms with van der Waals surface area (Å²) in [6.07, 6.45) is 2.63. The maximum Gasteiger partial charge on any atom is 0.407 e. The fraction of sp³-hybridized carbons (Fsp3) is 0.452. The fourth-order valence-corrected chi connectivity index (χ4v) is 6.81. The van der Waals surface area contributed by atoms with Crippen LogP contribution in [0.2, 0.25) is 0 Å². The lowest BCUT2D eigenvalue weighted by Gasteiger charge is -2.29. The van der Waals surface area contributed by atoms with E-state index in [1.807, 2.05) is 63.2 Å². The van der Waals surface area contributed by atoms with Crippen LogP contribution in [0.15, 0.2) is 72.8 Å². The third-order valence-corrected chi connectivity index (χ3v) is 9.99. The van der Waals surface area contributed by atoms with Gasteiger partial charge in [-0.05, 0) is 129 Å². The van der Waals surface area contributed by atoms with Gasteiger partial charge in [-0.25, -0.2) is 9.89 Å². The molecule has 1 saturated carbocycles. The number of tetrazole rings is 1. The van der Waals surface area contributed by atoms with Crippen LogP contribution in [0.3, 0.4) is 0 Å². The molecule has 0 unspecified atom stereocenters. The molecule has 14 nitrogen and oxygen atoms in total. The molecule has 0 aliphatic heterocycles. The SMILES string of the molecule is CCN(CC)CCNC(=O)c1cccc(-c2cccc(C[C@H](NC(=O)C3CCC(CNC(=O)OC(C)(C)C)CC3)C(=O)Nc3ccc(-c4nnn[nH]4)cc3)c2)c1. The van der Waals surface area contributed by atoms with E-state index in [0.29, 0.717) is 43.0 Å². The number of benzene rings is 3. The number of rotatable bonds is 16. The number of ether oxygens (including phenoxy) is 1. The van der Waals surface area contributed by atoms with Crippen molar-refractivity contribution in [2.45, 2.75) is 78.4 Å². The largest absolute Gasteiger partial charge is 0.444 e. The van der Waals surface area contributed by atoms with Gasteiger partial charge >= 0.3 is 6.09 Å². The monoisotopic (exact) mass is 765 g/mol. The average Bonchev–Trinajstić information content (AvgIpc) is 3.74. The average molecular weight is 766 g/mol. The van der Waals surface area contributed by atoms with Crippen molar-refractivity contribution in [1.29, 1.82) is 0 Å². The molecule has 298 valence electrons. The summed E-state index contributed by atoms with van der Waals surface area (Å²) in [5.41, 5.74) is 3.92. The number of hydrogen-bond acceptors (Lipinski definition) is 9. The molecule has 0 radical (unpaired) electrons. The van der Waals surface area contributed by atoms with Crippen LogP contribution in [0.25, 0.3) is 22.5 Å². The molecule has 1 aromatic heterocycles. The van der Waals surface area contributed by atoms with E-state index in [1.54, 1.807) is 30.3 Å². The second kappa shape index (κ2) is 19.8. The number of aromatic amines is 1. The smallest absolute Gasteiger partial charge is 0.407 e. The molecule has 5 N–H and O–H groups in total. The van der Waals surface area contributed by atoms with E-state index in [2.05, 4.69) is 60.6 Å². The zero-order valence-corrected chi connectivity index (χ0v) is 33.1. The van der Waals surface area contributed by atoms with Gasteiger partial charge in [0.15, 0.2) is 5.82 Å². The Balaban J connectivity index is 1.26. The lowest BCUT2D eigenvalue weighted by Crippen LogP contribution is -2.48. The van der Waals surface area contributed by atoms with Crippen LogP contribution in [-0.4, -0.2) is 93.7 Å². The predicted octanol–water partition coefficient (Wildman–Crippen LogP) is 5.60. The van der Waals surface area contributed by atoms with E-state index in [-0.39, 0.29) is 36.0 Å². The van der Waals surface area contributed by atoms with Gasteiger partial charge in [0, 0.05) is 48.8 Å². The molecular weight excluding hydrogens is 711 g/mol. The number of nitrogens with zero attached hydrogens (tertiary/aromatic N) is 4. The zero-order chi connectivity index (χ0) is 40.1. The third kappa shape index (κ3) is 12.4. The minimum absolute atomic E-state index is 0.131. The summed E-state index contributed by atoms with van der Waals surface area (Å²) in [7, 11) is 0. The maximum absolute atomic E-state index is 13.9. The van der Waals surface area contributed by atoms with Gasteiger partial charge in [-0.2, -0.15) is 0 Å². The quantitative estimate of drug-likeness (QED) is 0.0969. The Morgan fingerprint density at radius 3 is 2.23 bits per heavy atom. The number of carbonyl (C=O) groups excluding carboxylic acids is 4. The first-order chi connectivity index (χ1) is 26.9. The van der Waals surface area contributed by atoms with Crippen molar-refractivity contribution in [3.8, 4) is 22.5 Å². The lowest BCUT2D eigenvalue weighted by molar-refractivity contribution is -0.130. The number of H-pyrrole nitrogens is 1. The Bertz CT molecular complexity index is 1900. The first-order valence-corrected chi connectivity index (χ1v) is 19.5. The molecule has 1 aliphatic rings. The Morgan fingerprint density at radius 2 is 1.57 bits per heavy atom. The van der Waals surface area contributed by atoms with Crippen molar-refractivity contribution in [2.75, 3.05) is 38.0 Å². The van der Waals surface area contributed by atoms with Gasteiger partial charge in [0.2, 0.25) is 11.8 Å². The van der Waals surface area contributed by atoms with Gasteiger partial charge in [-0.3, -0.25) is 14.4 Å². The first-order valence-electron chi connectivity index (χ1n) is 19.5. The van der Waals surface area contributed by atoms with Gasteiger partial charge in [-0.1, -0.05) is 50.2 Å². The fourth-order valence-electron chi connectivity index (χ4n) is 6.81. The summed E-state index contributed by atoms with van der Waals surface area (Å²) < 4.78 is 5.36. The molecule has 1 atom stereocenters. The van der Waals surface area contributed by atoms with Crippen LogP contribution in [-0.2, 0) is 20.7 Å². The summed E-state index contributed by atoms with van der Waals surface area (Å²) in [5.74, 6) is -0.173. The minimum Gasteiger partial charge on any atom is -0.444 e. The zero-order valence-electron chi connectivity index (χ0n) is 33.1. The van der Waals surface area contributed by atoms with E-state index in [4.69, 9.17) is 4.74 Å². The summed E-state index contributed by atoms with van der Waals surface area (Å²) in [6, 6.07) is 21.5. The van der Waals surface area contributed by atoms with E-state index in [1.165, 1.54) is 0 Å². The summed E-state index contributed by atoms with van der Waals surface area (Å²) in [4.78, 5) is 55.1. The van der Waals surface area contributed by atoms with E-state index in [0.717, 1.165) is 54.7 Å². The number of amides is 4. The number of nitrogens with one attached hydrogen (secondary N) is 5. The third-order valence-electron chi connectivity index (χ3n) is 9.99. The molecule has 5 rings (SSSR count). The van der Waals surface area contributed by atoms with Crippen LogP contribution in [0.1, 0.15) is 76.2 Å². The predicted molar refractivity (Wildman–Crippen MR) is 216 cm³/mol. The van der Waals surface area contributed by atoms with Crippen molar-refractivity contribution >= 4 is 29.5 Å². The molecule has 4 aromatic rings. The van der Waals surface area contributed by atoms with Crippen LogP contribution in [0.4, 0.5) is 10.5 Å². The van der Waals surface area contributed by atoms with Crippen molar-refractivity contribution in [3.05, 3.63) is 83.9 Å². The number of carbonyl (C=O) groups is 4. The van der Waals surface area contributed by atoms with Gasteiger partial charge < -0.3 is 30.9 Å². The number of alkyl carbamates (subject to hydrolysis) is 1. The Kier molecular flexibility index (Phi) is 14.7. The Morgan fingerprint density at radius 1 is 0.875 bits per heavy atom. The molecule has 1 aliphatic carbocycles. The van der Waals surface area contributed by atoms with Crippen molar-refractivity contribution in [1.82, 2.24) is 41.5 Å². The highest BCUT2D eigenvalue weighted by Gasteiger charge is 2.30. The van der Waals surface area contributed by atoms with Gasteiger partial charge in [0.25, 0.3) is 5.91 Å². The summed E-state index contributed by atoms with van der Waals surface area (Å²) in [6.45, 7) is 13.4. The minimum atomic E-state index is -0.870. The summed E-state index contributed by atoms with van der Waals surface area (Å²) >= 11 is 0. The number of aromatic nitrogens is 4. The molecule has 56 heavy (non-hydrogen) atoms. The Labute approximate surface area is 328 Å². The van der Waals surface area contributed by atoms with Crippen LogP contribution in [0, 0.1) is 11.8 Å². The lowest BCUT2D eigenvalue weighted by atomic mass is 9.81. The van der Waals surface area contributed by atoms with Crippen LogP contribution >= 0.6 is 0 Å². The number of hydrogen-bond donors (Lipinski definition) is 5. The molecule has 3 aromatic carbocycles. The van der Waals surface area contributed by atoms with Crippen molar-refractivity contribution < 1.29 is 23.9 Å². The van der Waals surface area contributed by atoms with Crippen LogP contribution < -0.4 is 21.3 Å². The van der Waals surface area contributed by atoms with E-state index < -0.39 is 17.7 Å². The molecule has 0 saturated heterocycles. The molecule has 1 heterocycles. The Hall–Kier alpha value is -5.63. The second-order valence-corrected chi connectivity index (χ2v) is 15.2. The van der Waals surface area contributed by atoms with Gasteiger partial charge in [-0.15, -0.1) is 5.10 Å². The van der Waals surface area contributed by atoms with Gasteiger partial charge in [0.05, 0.1) is 0 Å². The molecule has 0 bridgehead atoms. The molecule has 0 spiro atoms. The number of likely N-dealkylation sites (N-methyl/N-ethyl adjacent to an activating group) is 1. The standard InChI is InChI=1S/C42H55N9O5/c1-6-51(7-2)23-22-43-38(52)34-13-9-12-33(26-34)32-11-8-10-29(24-32)25-36(40(54)45-35-20-18-30(19-21-35)37-47-49-50-48-37)46-39(53)31-16-14-28(15-17-31)27-44-41(55)56-42(3,4)5/h8-13,18-21,24,26,28,31,36H,6-7,14-17,22-23,25,27H2,1-5H3,(H,43,52)(H,44,55)(H,45,54)(H,46,53)(H,47,48,49,50)/t28?,31?,36-/m0/s1. The normalized spacial score (nSPS) is 16.1. The van der Waals surface area contributed by atoms with E-state index in [9.17, 15) is 19.2 Å². The maximum atomic E-state index is 13.9.